The van der Waals surface area contributed by atoms with Crippen LogP contribution in [0.15, 0.2) is 54.6 Å². The first-order valence-corrected chi connectivity index (χ1v) is 7.42. The number of nitriles is 1. The van der Waals surface area contributed by atoms with Gasteiger partial charge in [-0.05, 0) is 36.8 Å². The molecule has 0 saturated heterocycles. The Balaban J connectivity index is 1.84. The summed E-state index contributed by atoms with van der Waals surface area (Å²) in [7, 11) is 0. The Kier molecular flexibility index (Phi) is 6.37. The van der Waals surface area contributed by atoms with Gasteiger partial charge in [-0.1, -0.05) is 30.3 Å². The zero-order valence-electron chi connectivity index (χ0n) is 13.5. The molecule has 2 rings (SSSR count). The molecular formula is C18H16N2O5. The lowest BCUT2D eigenvalue weighted by molar-refractivity contribution is -0.144. The second kappa shape index (κ2) is 8.93. The number of nitrogens with one attached hydrogen (secondary N) is 1. The molecule has 2 aromatic carbocycles. The highest BCUT2D eigenvalue weighted by atomic mass is 16.6. The molecule has 0 fully saturated rings. The van der Waals surface area contributed by atoms with Crippen LogP contribution >= 0.6 is 0 Å². The van der Waals surface area contributed by atoms with Gasteiger partial charge in [0.05, 0.1) is 0 Å². The number of hydrogen-bond acceptors (Lipinski definition) is 6. The Morgan fingerprint density at radius 2 is 1.72 bits per heavy atom. The number of alkyl carbamates (subject to hydrolysis) is 1. The lowest BCUT2D eigenvalue weighted by atomic mass is 10.2. The molecule has 0 aromatic heterocycles. The highest BCUT2D eigenvalue weighted by Crippen LogP contribution is 2.20. The third kappa shape index (κ3) is 5.88. The molecular weight excluding hydrogens is 324 g/mol. The van der Waals surface area contributed by atoms with Crippen molar-refractivity contribution in [2.75, 3.05) is 0 Å². The summed E-state index contributed by atoms with van der Waals surface area (Å²) < 4.78 is 15.4. The maximum Gasteiger partial charge on any atom is 0.428 e. The fourth-order valence-electron chi connectivity index (χ4n) is 1.85. The van der Waals surface area contributed by atoms with Gasteiger partial charge in [-0.15, -0.1) is 0 Å². The predicted octanol–water partition coefficient (Wildman–Crippen LogP) is 2.77. The van der Waals surface area contributed by atoms with Crippen LogP contribution in [0.5, 0.6) is 11.5 Å². The molecule has 1 atom stereocenters. The summed E-state index contributed by atoms with van der Waals surface area (Å²) in [5.74, 6) is 0.161. The first kappa shape index (κ1) is 17.8. The molecule has 7 heteroatoms. The third-order valence-electron chi connectivity index (χ3n) is 3.07. The largest absolute Gasteiger partial charge is 0.489 e. The van der Waals surface area contributed by atoms with E-state index in [9.17, 15) is 9.59 Å². The van der Waals surface area contributed by atoms with Crippen LogP contribution in [-0.4, -0.2) is 18.2 Å². The summed E-state index contributed by atoms with van der Waals surface area (Å²) in [6, 6.07) is 16.4. The van der Waals surface area contributed by atoms with E-state index in [1.54, 1.807) is 29.6 Å². The van der Waals surface area contributed by atoms with Crippen molar-refractivity contribution in [2.45, 2.75) is 19.6 Å². The van der Waals surface area contributed by atoms with E-state index in [4.69, 9.17) is 14.7 Å². The van der Waals surface area contributed by atoms with Crippen LogP contribution in [0.4, 0.5) is 4.79 Å². The number of amides is 1. The number of nitrogens with zero attached hydrogens (tertiary/aromatic N) is 1. The minimum atomic E-state index is -1.15. The van der Waals surface area contributed by atoms with E-state index in [0.717, 1.165) is 5.56 Å². The normalized spacial score (nSPS) is 10.9. The maximum atomic E-state index is 11.6. The van der Waals surface area contributed by atoms with Gasteiger partial charge in [-0.25, -0.2) is 14.9 Å². The first-order chi connectivity index (χ1) is 12.1. The zero-order chi connectivity index (χ0) is 18.1. The summed E-state index contributed by atoms with van der Waals surface area (Å²) >= 11 is 0. The second-order valence-corrected chi connectivity index (χ2v) is 4.95. The van der Waals surface area contributed by atoms with E-state index in [2.05, 4.69) is 4.74 Å². The molecule has 0 heterocycles. The predicted molar refractivity (Wildman–Crippen MR) is 87.5 cm³/mol. The standard InChI is InChI=1S/C18H16N2O5/c1-13(17(21)25-18(22)20-12-19)24-16-9-7-15(8-10-16)23-11-14-5-3-2-4-6-14/h2-10,13H,11H2,1H3,(H,20,22). The van der Waals surface area contributed by atoms with E-state index < -0.39 is 18.2 Å². The molecule has 1 unspecified atom stereocenters. The van der Waals surface area contributed by atoms with E-state index in [1.165, 1.54) is 13.1 Å². The van der Waals surface area contributed by atoms with Gasteiger partial charge in [-0.3, -0.25) is 0 Å². The van der Waals surface area contributed by atoms with Crippen LogP contribution in [0.25, 0.3) is 0 Å². The van der Waals surface area contributed by atoms with E-state index in [-0.39, 0.29) is 0 Å². The molecule has 0 aliphatic carbocycles. The summed E-state index contributed by atoms with van der Waals surface area (Å²) in [4.78, 5) is 22.6. The third-order valence-corrected chi connectivity index (χ3v) is 3.07. The summed E-state index contributed by atoms with van der Waals surface area (Å²) in [6.07, 6.45) is -0.799. The van der Waals surface area contributed by atoms with Gasteiger partial charge in [0.25, 0.3) is 0 Å². The van der Waals surface area contributed by atoms with Crippen molar-refractivity contribution in [3.63, 3.8) is 0 Å². The molecule has 0 radical (unpaired) electrons. The quantitative estimate of drug-likeness (QED) is 0.376. The molecule has 0 aliphatic heterocycles. The summed E-state index contributed by atoms with van der Waals surface area (Å²) in [5.41, 5.74) is 1.05. The number of hydrogen-bond donors (Lipinski definition) is 1. The lowest BCUT2D eigenvalue weighted by Gasteiger charge is -2.13. The summed E-state index contributed by atoms with van der Waals surface area (Å²) in [6.45, 7) is 1.87. The Hall–Kier alpha value is -3.53. The SMILES string of the molecule is CC(Oc1ccc(OCc2ccccc2)cc1)C(=O)OC(=O)NC#N. The van der Waals surface area contributed by atoms with E-state index in [0.29, 0.717) is 18.1 Å². The van der Waals surface area contributed by atoms with Crippen LogP contribution < -0.4 is 14.8 Å². The minimum absolute atomic E-state index is 0.414. The molecule has 128 valence electrons. The molecule has 0 aliphatic rings. The minimum Gasteiger partial charge on any atom is -0.489 e. The van der Waals surface area contributed by atoms with Crippen LogP contribution in [0.2, 0.25) is 0 Å². The number of carbonyl (C=O) groups is 2. The molecule has 0 bridgehead atoms. The fraction of sp³-hybridized carbons (Fsp3) is 0.167. The average molecular weight is 340 g/mol. The summed E-state index contributed by atoms with van der Waals surface area (Å²) in [5, 5.41) is 9.93. The number of rotatable bonds is 6. The van der Waals surface area contributed by atoms with Crippen molar-refractivity contribution in [2.24, 2.45) is 0 Å². The van der Waals surface area contributed by atoms with Crippen LogP contribution in [0, 0.1) is 11.5 Å². The molecule has 25 heavy (non-hydrogen) atoms. The van der Waals surface area contributed by atoms with Gasteiger partial charge in [0.2, 0.25) is 0 Å². The molecule has 0 spiro atoms. The number of carbonyl (C=O) groups excluding carboxylic acids is 2. The molecule has 2 aromatic rings. The monoisotopic (exact) mass is 340 g/mol. The van der Waals surface area contributed by atoms with Gasteiger partial charge < -0.3 is 14.2 Å². The smallest absolute Gasteiger partial charge is 0.428 e. The number of esters is 1. The van der Waals surface area contributed by atoms with Gasteiger partial charge >= 0.3 is 12.1 Å². The van der Waals surface area contributed by atoms with Gasteiger partial charge in [0.1, 0.15) is 18.1 Å². The van der Waals surface area contributed by atoms with Crippen LogP contribution in [0.1, 0.15) is 12.5 Å². The van der Waals surface area contributed by atoms with Crippen molar-refractivity contribution in [3.05, 3.63) is 60.2 Å². The Bertz CT molecular complexity index is 753. The Labute approximate surface area is 144 Å². The lowest BCUT2D eigenvalue weighted by Crippen LogP contribution is -2.31. The van der Waals surface area contributed by atoms with Gasteiger partial charge in [-0.2, -0.15) is 5.26 Å². The van der Waals surface area contributed by atoms with Gasteiger partial charge in [0.15, 0.2) is 12.3 Å². The second-order valence-electron chi connectivity index (χ2n) is 4.95. The van der Waals surface area contributed by atoms with Gasteiger partial charge in [0, 0.05) is 0 Å². The molecule has 1 amide bonds. The first-order valence-electron chi connectivity index (χ1n) is 7.42. The molecule has 7 nitrogen and oxygen atoms in total. The van der Waals surface area contributed by atoms with Crippen molar-refractivity contribution < 1.29 is 23.8 Å². The topological polar surface area (TPSA) is 97.7 Å². The van der Waals surface area contributed by atoms with Crippen molar-refractivity contribution >= 4 is 12.1 Å². The van der Waals surface area contributed by atoms with Crippen LogP contribution in [-0.2, 0) is 16.1 Å². The number of ether oxygens (including phenoxy) is 3. The van der Waals surface area contributed by atoms with Crippen molar-refractivity contribution in [1.29, 1.82) is 5.26 Å². The number of benzene rings is 2. The van der Waals surface area contributed by atoms with Crippen molar-refractivity contribution in [3.8, 4) is 17.7 Å². The Morgan fingerprint density at radius 1 is 1.08 bits per heavy atom. The maximum absolute atomic E-state index is 11.6. The van der Waals surface area contributed by atoms with E-state index in [1.807, 2.05) is 30.3 Å². The fourth-order valence-corrected chi connectivity index (χ4v) is 1.85. The Morgan fingerprint density at radius 3 is 2.36 bits per heavy atom. The zero-order valence-corrected chi connectivity index (χ0v) is 13.5. The van der Waals surface area contributed by atoms with Crippen LogP contribution in [0.3, 0.4) is 0 Å². The highest BCUT2D eigenvalue weighted by Gasteiger charge is 2.19. The molecule has 0 saturated carbocycles. The van der Waals surface area contributed by atoms with E-state index >= 15 is 0 Å². The molecule has 1 N–H and O–H groups in total. The average Bonchev–Trinajstić information content (AvgIpc) is 2.62. The van der Waals surface area contributed by atoms with Crippen molar-refractivity contribution in [1.82, 2.24) is 5.32 Å². The highest BCUT2D eigenvalue weighted by molar-refractivity contribution is 5.87.